The third-order valence-corrected chi connectivity index (χ3v) is 16.2. The van der Waals surface area contributed by atoms with Gasteiger partial charge in [-0.25, -0.2) is 22.4 Å². The Hall–Kier alpha value is -5.03. The van der Waals surface area contributed by atoms with E-state index in [2.05, 4.69) is 73.6 Å². The van der Waals surface area contributed by atoms with Gasteiger partial charge in [0.05, 0.1) is 17.3 Å². The Kier molecular flexibility index (Phi) is 8.28. The third-order valence-electron chi connectivity index (χ3n) is 14.6. The van der Waals surface area contributed by atoms with Crippen molar-refractivity contribution in [3.63, 3.8) is 0 Å². The van der Waals surface area contributed by atoms with Crippen LogP contribution < -0.4 is 0 Å². The maximum atomic E-state index is 13.5. The molecule has 6 aromatic heterocycles. The Morgan fingerprint density at radius 2 is 1.25 bits per heavy atom. The molecule has 0 bridgehead atoms. The zero-order valence-electron chi connectivity index (χ0n) is 33.7. The Labute approximate surface area is 334 Å². The minimum absolute atomic E-state index is 0.250. The highest BCUT2D eigenvalue weighted by atomic mass is 32.2. The molecule has 6 heterocycles. The van der Waals surface area contributed by atoms with Gasteiger partial charge >= 0.3 is 0 Å². The van der Waals surface area contributed by atoms with Gasteiger partial charge in [-0.15, -0.1) is 0 Å². The summed E-state index contributed by atoms with van der Waals surface area (Å²) in [4.78, 5) is 13.1. The molecule has 1 N–H and O–H groups in total. The molecule has 0 spiro atoms. The van der Waals surface area contributed by atoms with Crippen molar-refractivity contribution >= 4 is 32.1 Å². The molecule has 4 aliphatic rings. The quantitative estimate of drug-likeness (QED) is 0.180. The van der Waals surface area contributed by atoms with Crippen LogP contribution in [0.2, 0.25) is 0 Å². The minimum Gasteiger partial charge on any atom is -0.346 e. The molecule has 0 amide bonds. The second kappa shape index (κ2) is 13.0. The third kappa shape index (κ3) is 5.90. The zero-order chi connectivity index (χ0) is 39.4. The minimum atomic E-state index is -3.78. The van der Waals surface area contributed by atoms with Gasteiger partial charge in [0, 0.05) is 84.3 Å². The Balaban J connectivity index is 0.000000146. The van der Waals surface area contributed by atoms with Crippen molar-refractivity contribution < 1.29 is 8.42 Å². The molecule has 6 unspecified atom stereocenters. The summed E-state index contributed by atoms with van der Waals surface area (Å²) in [5.41, 5.74) is 9.06. The van der Waals surface area contributed by atoms with Gasteiger partial charge in [0.1, 0.15) is 5.65 Å². The van der Waals surface area contributed by atoms with Crippen LogP contribution in [0, 0.1) is 34.5 Å². The van der Waals surface area contributed by atoms with E-state index in [1.54, 1.807) is 41.3 Å². The molecule has 4 fully saturated rings. The topological polar surface area (TPSA) is 116 Å². The van der Waals surface area contributed by atoms with Crippen LogP contribution in [-0.2, 0) is 24.1 Å². The summed E-state index contributed by atoms with van der Waals surface area (Å²) in [7, 11) is 0.0454. The summed E-state index contributed by atoms with van der Waals surface area (Å²) in [6, 6.07) is 13.1. The second-order valence-corrected chi connectivity index (χ2v) is 20.3. The molecule has 0 aliphatic heterocycles. The van der Waals surface area contributed by atoms with E-state index in [4.69, 9.17) is 9.97 Å². The Morgan fingerprint density at radius 3 is 1.82 bits per heavy atom. The molecule has 11 rings (SSSR count). The maximum absolute atomic E-state index is 13.5. The van der Waals surface area contributed by atoms with Gasteiger partial charge in [0.25, 0.3) is 10.0 Å². The first-order valence-corrected chi connectivity index (χ1v) is 22.0. The number of pyridine rings is 2. The number of rotatable bonds is 6. The molecule has 4 saturated carbocycles. The van der Waals surface area contributed by atoms with Crippen LogP contribution in [-0.4, -0.2) is 46.9 Å². The summed E-state index contributed by atoms with van der Waals surface area (Å²) in [6.45, 7) is 9.67. The molecule has 294 valence electrons. The lowest BCUT2D eigenvalue weighted by Crippen LogP contribution is -2.13. The molecule has 0 radical (unpaired) electrons. The normalized spacial score (nSPS) is 25.7. The van der Waals surface area contributed by atoms with Gasteiger partial charge in [-0.3, -0.25) is 9.36 Å². The van der Waals surface area contributed by atoms with Gasteiger partial charge < -0.3 is 4.98 Å². The van der Waals surface area contributed by atoms with Crippen LogP contribution in [0.3, 0.4) is 0 Å². The number of aryl methyl sites for hydroxylation is 2. The van der Waals surface area contributed by atoms with Crippen molar-refractivity contribution in [2.75, 3.05) is 0 Å². The van der Waals surface area contributed by atoms with Crippen molar-refractivity contribution in [3.05, 3.63) is 103 Å². The summed E-state index contributed by atoms with van der Waals surface area (Å²) in [6.07, 6.45) is 23.3. The van der Waals surface area contributed by atoms with E-state index < -0.39 is 10.0 Å². The Morgan fingerprint density at radius 1 is 0.684 bits per heavy atom. The summed E-state index contributed by atoms with van der Waals surface area (Å²) in [5, 5.41) is 10.7. The average molecular weight is 781 g/mol. The predicted octanol–water partition coefficient (Wildman–Crippen LogP) is 9.72. The maximum Gasteiger partial charge on any atom is 0.269 e. The molecule has 57 heavy (non-hydrogen) atoms. The largest absolute Gasteiger partial charge is 0.346 e. The van der Waals surface area contributed by atoms with Crippen molar-refractivity contribution in [1.82, 2.24) is 38.5 Å². The van der Waals surface area contributed by atoms with Crippen molar-refractivity contribution in [2.45, 2.75) is 83.0 Å². The molecular formula is C46H52N8O2S. The van der Waals surface area contributed by atoms with Crippen molar-refractivity contribution in [1.29, 1.82) is 0 Å². The van der Waals surface area contributed by atoms with E-state index >= 15 is 0 Å². The van der Waals surface area contributed by atoms with Crippen LogP contribution in [0.1, 0.15) is 89.2 Å². The lowest BCUT2D eigenvalue weighted by Gasteiger charge is -2.22. The van der Waals surface area contributed by atoms with E-state index in [1.807, 2.05) is 43.4 Å². The van der Waals surface area contributed by atoms with Crippen LogP contribution in [0.25, 0.3) is 44.3 Å². The van der Waals surface area contributed by atoms with E-state index in [9.17, 15) is 8.42 Å². The van der Waals surface area contributed by atoms with E-state index in [1.165, 1.54) is 64.6 Å². The molecule has 11 heteroatoms. The standard InChI is InChI=1S/C26H28N4O2S.C20H24N4/c1-26(2)23-11-7-10-20(24(23)26)17-12-21-22(18-14-28-29(3)15-18)16-30(25(21)27-13-17)33(31,32)19-8-5-4-6-9-19;1-20(2)17-6-4-5-14(18(17)20)12-7-15-16(10-22-19(15)21-8-12)13-9-23-24(3)11-13/h4-6,8-9,12-16,20,23-24H,7,10-11H2,1-3H3;7-11,14,17-18H,4-6H2,1-3H3,(H,21,22). The molecule has 10 nitrogen and oxygen atoms in total. The first-order valence-electron chi connectivity index (χ1n) is 20.6. The van der Waals surface area contributed by atoms with Crippen LogP contribution in [0.5, 0.6) is 0 Å². The van der Waals surface area contributed by atoms with Gasteiger partial charge in [-0.2, -0.15) is 10.2 Å². The van der Waals surface area contributed by atoms with Crippen molar-refractivity contribution in [2.24, 2.45) is 48.6 Å². The van der Waals surface area contributed by atoms with Crippen molar-refractivity contribution in [3.8, 4) is 22.3 Å². The molecule has 6 atom stereocenters. The van der Waals surface area contributed by atoms with Crippen LogP contribution >= 0.6 is 0 Å². The summed E-state index contributed by atoms with van der Waals surface area (Å²) in [5.74, 6) is 4.37. The highest BCUT2D eigenvalue weighted by Crippen LogP contribution is 2.70. The number of hydrogen-bond acceptors (Lipinski definition) is 6. The zero-order valence-corrected chi connectivity index (χ0v) is 34.5. The molecule has 4 aliphatic carbocycles. The highest BCUT2D eigenvalue weighted by Gasteiger charge is 2.62. The summed E-state index contributed by atoms with van der Waals surface area (Å²) < 4.78 is 32.0. The predicted molar refractivity (Wildman–Crippen MR) is 224 cm³/mol. The van der Waals surface area contributed by atoms with Gasteiger partial charge in [0.2, 0.25) is 0 Å². The molecule has 1 aromatic carbocycles. The van der Waals surface area contributed by atoms with E-state index in [0.717, 1.165) is 45.5 Å². The van der Waals surface area contributed by atoms with Crippen LogP contribution in [0.4, 0.5) is 0 Å². The number of hydrogen-bond donors (Lipinski definition) is 1. The number of aromatic amines is 1. The fourth-order valence-electron chi connectivity index (χ4n) is 11.5. The number of nitrogens with zero attached hydrogens (tertiary/aromatic N) is 7. The molecule has 7 aromatic rings. The monoisotopic (exact) mass is 780 g/mol. The first kappa shape index (κ1) is 36.3. The second-order valence-electron chi connectivity index (χ2n) is 18.5. The summed E-state index contributed by atoms with van der Waals surface area (Å²) >= 11 is 0. The smallest absolute Gasteiger partial charge is 0.269 e. The fraction of sp³-hybridized carbons (Fsp3) is 0.435. The fourth-order valence-corrected chi connectivity index (χ4v) is 12.8. The number of fused-ring (bicyclic) bond motifs is 4. The average Bonchev–Trinajstić information content (AvgIpc) is 3.66. The highest BCUT2D eigenvalue weighted by molar-refractivity contribution is 7.90. The Bertz CT molecular complexity index is 2750. The number of H-pyrrole nitrogens is 1. The van der Waals surface area contributed by atoms with Gasteiger partial charge in [-0.05, 0) is 107 Å². The molecular weight excluding hydrogens is 729 g/mol. The van der Waals surface area contributed by atoms with Crippen LogP contribution in [0.15, 0.2) is 96.9 Å². The van der Waals surface area contributed by atoms with E-state index in [0.29, 0.717) is 34.2 Å². The lowest BCUT2D eigenvalue weighted by atomic mass is 9.83. The lowest BCUT2D eigenvalue weighted by molar-refractivity contribution is 0.416. The van der Waals surface area contributed by atoms with E-state index in [-0.39, 0.29) is 4.90 Å². The number of benzene rings is 1. The number of aromatic nitrogens is 8. The number of nitrogens with one attached hydrogen (secondary N) is 1. The molecule has 0 saturated heterocycles. The SMILES string of the molecule is Cn1cc(-c2c[nH]c3ncc(C4CCCC5C4C5(C)C)cc23)cn1.Cn1cc(-c2cn(S(=O)(=O)c3ccccc3)c3ncc(C4CCCC5C4C5(C)C)cc23)cn1. The first-order chi connectivity index (χ1) is 27.3. The van der Waals surface area contributed by atoms with Gasteiger partial charge in [0.15, 0.2) is 5.65 Å². The van der Waals surface area contributed by atoms with Gasteiger partial charge in [-0.1, -0.05) is 58.7 Å².